The molecule has 2 nitrogen and oxygen atoms in total. The molecule has 1 fully saturated rings. The highest BCUT2D eigenvalue weighted by atomic mass is 14.9. The summed E-state index contributed by atoms with van der Waals surface area (Å²) in [4.78, 5) is 0. The van der Waals surface area contributed by atoms with E-state index in [1.165, 1.54) is 29.6 Å². The summed E-state index contributed by atoms with van der Waals surface area (Å²) in [5.41, 5.74) is 15.1. The van der Waals surface area contributed by atoms with Gasteiger partial charge in [0.1, 0.15) is 0 Å². The Labute approximate surface area is 66.9 Å². The monoisotopic (exact) mass is 150 g/mol. The number of nitrogens with two attached hydrogens (primary N) is 2. The standard InChI is InChI=1S/C9H14N2/c1-9(10,11)8-5-6-2-3-7(8)4-6/h5H,2-4,10-11H2,1H3. The van der Waals surface area contributed by atoms with Crippen LogP contribution in [0.2, 0.25) is 0 Å². The minimum Gasteiger partial charge on any atom is -0.310 e. The number of hydrogen-bond donors (Lipinski definition) is 2. The van der Waals surface area contributed by atoms with Gasteiger partial charge in [0, 0.05) is 0 Å². The van der Waals surface area contributed by atoms with Crippen molar-refractivity contribution in [2.24, 2.45) is 11.5 Å². The van der Waals surface area contributed by atoms with E-state index in [0.717, 1.165) is 6.42 Å². The molecule has 2 aliphatic carbocycles. The van der Waals surface area contributed by atoms with Gasteiger partial charge >= 0.3 is 0 Å². The molecular formula is C9H14N2. The molecule has 11 heavy (non-hydrogen) atoms. The van der Waals surface area contributed by atoms with E-state index < -0.39 is 5.66 Å². The molecule has 0 amide bonds. The van der Waals surface area contributed by atoms with Crippen LogP contribution in [0.25, 0.3) is 0 Å². The molecule has 0 saturated heterocycles. The lowest BCUT2D eigenvalue weighted by Crippen LogP contribution is -2.47. The third-order valence-corrected chi connectivity index (χ3v) is 2.50. The summed E-state index contributed by atoms with van der Waals surface area (Å²) in [6, 6.07) is 0. The van der Waals surface area contributed by atoms with E-state index in [1.807, 2.05) is 6.92 Å². The summed E-state index contributed by atoms with van der Waals surface area (Å²) >= 11 is 0. The minimum absolute atomic E-state index is 0.614. The molecule has 0 spiro atoms. The highest BCUT2D eigenvalue weighted by molar-refractivity contribution is 5.48. The van der Waals surface area contributed by atoms with Gasteiger partial charge < -0.3 is 11.5 Å². The maximum Gasteiger partial charge on any atom is 0.0869 e. The summed E-state index contributed by atoms with van der Waals surface area (Å²) in [5, 5.41) is 0. The van der Waals surface area contributed by atoms with Gasteiger partial charge in [-0.1, -0.05) is 17.2 Å². The number of rotatable bonds is 1. The second-order valence-electron chi connectivity index (χ2n) is 3.78. The second kappa shape index (κ2) is 1.96. The second-order valence-corrected chi connectivity index (χ2v) is 3.78. The zero-order chi connectivity index (χ0) is 8.06. The smallest absolute Gasteiger partial charge is 0.0869 e. The Morgan fingerprint density at radius 2 is 2.09 bits per heavy atom. The highest BCUT2D eigenvalue weighted by Crippen LogP contribution is 2.41. The zero-order valence-electron chi connectivity index (χ0n) is 6.85. The molecular weight excluding hydrogens is 136 g/mol. The molecule has 60 valence electrons. The first-order chi connectivity index (χ1) is 5.07. The van der Waals surface area contributed by atoms with Crippen molar-refractivity contribution >= 4 is 0 Å². The first kappa shape index (κ1) is 7.07. The lowest BCUT2D eigenvalue weighted by Gasteiger charge is -2.22. The molecule has 2 heteroatoms. The first-order valence-corrected chi connectivity index (χ1v) is 4.07. The van der Waals surface area contributed by atoms with Crippen molar-refractivity contribution < 1.29 is 0 Å². The van der Waals surface area contributed by atoms with Gasteiger partial charge in [-0.05, 0) is 31.8 Å². The quantitative estimate of drug-likeness (QED) is 0.549. The molecule has 0 unspecified atom stereocenters. The Morgan fingerprint density at radius 1 is 1.36 bits per heavy atom. The zero-order valence-corrected chi connectivity index (χ0v) is 6.85. The minimum atomic E-state index is -0.614. The molecule has 1 saturated carbocycles. The molecule has 0 aromatic heterocycles. The van der Waals surface area contributed by atoms with Gasteiger partial charge in [0.2, 0.25) is 0 Å². The SMILES string of the molecule is CC(N)(N)C1=C2CCC(=C1)C2. The molecule has 4 N–H and O–H groups in total. The van der Waals surface area contributed by atoms with Crippen LogP contribution in [0, 0.1) is 0 Å². The molecule has 2 aliphatic rings. The molecule has 0 aliphatic heterocycles. The molecule has 0 atom stereocenters. The first-order valence-electron chi connectivity index (χ1n) is 4.07. The summed E-state index contributed by atoms with van der Waals surface area (Å²) in [5.74, 6) is 0. The molecule has 0 aromatic carbocycles. The van der Waals surface area contributed by atoms with Crippen LogP contribution in [0.3, 0.4) is 0 Å². The molecule has 2 bridgehead atoms. The van der Waals surface area contributed by atoms with E-state index in [1.54, 1.807) is 0 Å². The number of hydrogen-bond acceptors (Lipinski definition) is 2. The van der Waals surface area contributed by atoms with Crippen LogP contribution >= 0.6 is 0 Å². The number of allylic oxidation sites excluding steroid dienone is 2. The lowest BCUT2D eigenvalue weighted by atomic mass is 9.97. The Balaban J connectivity index is 2.37. The van der Waals surface area contributed by atoms with Gasteiger partial charge in [0.25, 0.3) is 0 Å². The average molecular weight is 150 g/mol. The summed E-state index contributed by atoms with van der Waals surface area (Å²) < 4.78 is 0. The highest BCUT2D eigenvalue weighted by Gasteiger charge is 2.29. The van der Waals surface area contributed by atoms with Crippen LogP contribution in [0.1, 0.15) is 26.2 Å². The van der Waals surface area contributed by atoms with Crippen molar-refractivity contribution in [3.05, 3.63) is 22.8 Å². The van der Waals surface area contributed by atoms with Crippen molar-refractivity contribution in [1.82, 2.24) is 0 Å². The average Bonchev–Trinajstić information content (AvgIpc) is 2.42. The lowest BCUT2D eigenvalue weighted by molar-refractivity contribution is 0.583. The molecule has 0 radical (unpaired) electrons. The van der Waals surface area contributed by atoms with Crippen molar-refractivity contribution in [3.63, 3.8) is 0 Å². The Morgan fingerprint density at radius 3 is 2.36 bits per heavy atom. The Bertz CT molecular complexity index is 253. The Kier molecular flexibility index (Phi) is 1.26. The predicted molar refractivity (Wildman–Crippen MR) is 45.7 cm³/mol. The van der Waals surface area contributed by atoms with E-state index in [2.05, 4.69) is 6.08 Å². The van der Waals surface area contributed by atoms with Crippen molar-refractivity contribution in [1.29, 1.82) is 0 Å². The molecule has 0 aromatic rings. The van der Waals surface area contributed by atoms with Gasteiger partial charge in [0.05, 0.1) is 5.66 Å². The fraction of sp³-hybridized carbons (Fsp3) is 0.556. The van der Waals surface area contributed by atoms with Crippen LogP contribution in [-0.4, -0.2) is 5.66 Å². The molecule has 2 rings (SSSR count). The topological polar surface area (TPSA) is 52.0 Å². The van der Waals surface area contributed by atoms with Crippen LogP contribution in [-0.2, 0) is 0 Å². The van der Waals surface area contributed by atoms with E-state index in [9.17, 15) is 0 Å². The number of fused-ring (bicyclic) bond motifs is 2. The van der Waals surface area contributed by atoms with Gasteiger partial charge in [-0.15, -0.1) is 0 Å². The third kappa shape index (κ3) is 1.03. The Hall–Kier alpha value is -0.600. The summed E-state index contributed by atoms with van der Waals surface area (Å²) in [6.45, 7) is 1.87. The van der Waals surface area contributed by atoms with E-state index in [0.29, 0.717) is 0 Å². The van der Waals surface area contributed by atoms with Crippen LogP contribution in [0.5, 0.6) is 0 Å². The fourth-order valence-corrected chi connectivity index (χ4v) is 1.96. The maximum absolute atomic E-state index is 5.80. The summed E-state index contributed by atoms with van der Waals surface area (Å²) in [7, 11) is 0. The van der Waals surface area contributed by atoms with E-state index >= 15 is 0 Å². The van der Waals surface area contributed by atoms with Crippen molar-refractivity contribution in [2.75, 3.05) is 0 Å². The van der Waals surface area contributed by atoms with Crippen LogP contribution in [0.15, 0.2) is 22.8 Å². The van der Waals surface area contributed by atoms with Crippen LogP contribution in [0.4, 0.5) is 0 Å². The van der Waals surface area contributed by atoms with E-state index in [4.69, 9.17) is 11.5 Å². The van der Waals surface area contributed by atoms with Gasteiger partial charge in [0.15, 0.2) is 0 Å². The fourth-order valence-electron chi connectivity index (χ4n) is 1.96. The third-order valence-electron chi connectivity index (χ3n) is 2.50. The normalized spacial score (nSPS) is 23.0. The summed E-state index contributed by atoms with van der Waals surface area (Å²) in [6.07, 6.45) is 5.73. The molecule has 0 heterocycles. The predicted octanol–water partition coefficient (Wildman–Crippen LogP) is 1.04. The van der Waals surface area contributed by atoms with Gasteiger partial charge in [-0.25, -0.2) is 0 Å². The van der Waals surface area contributed by atoms with Gasteiger partial charge in [-0.2, -0.15) is 0 Å². The van der Waals surface area contributed by atoms with Crippen LogP contribution < -0.4 is 11.5 Å². The van der Waals surface area contributed by atoms with Crippen molar-refractivity contribution in [2.45, 2.75) is 31.8 Å². The largest absolute Gasteiger partial charge is 0.310 e. The van der Waals surface area contributed by atoms with E-state index in [-0.39, 0.29) is 0 Å². The van der Waals surface area contributed by atoms with Gasteiger partial charge in [-0.3, -0.25) is 0 Å². The maximum atomic E-state index is 5.80. The van der Waals surface area contributed by atoms with Crippen molar-refractivity contribution in [3.8, 4) is 0 Å².